The summed E-state index contributed by atoms with van der Waals surface area (Å²) < 4.78 is 61.0. The van der Waals surface area contributed by atoms with Gasteiger partial charge in [-0.2, -0.15) is 17.6 Å². The van der Waals surface area contributed by atoms with Crippen LogP contribution in [0.2, 0.25) is 0 Å². The molecule has 1 aliphatic rings. The minimum atomic E-state index is -4.53. The number of benzene rings is 3. The van der Waals surface area contributed by atoms with Crippen LogP contribution in [0.15, 0.2) is 72.8 Å². The second kappa shape index (κ2) is 8.88. The predicted octanol–water partition coefficient (Wildman–Crippen LogP) is 7.21. The Morgan fingerprint density at radius 1 is 0.871 bits per heavy atom. The molecule has 31 heavy (non-hydrogen) atoms. The largest absolute Gasteiger partial charge is 0.461 e. The Morgan fingerprint density at radius 2 is 1.55 bits per heavy atom. The number of hydrogen-bond acceptors (Lipinski definition) is 3. The fourth-order valence-electron chi connectivity index (χ4n) is 3.18. The highest BCUT2D eigenvalue weighted by Crippen LogP contribution is 2.41. The lowest BCUT2D eigenvalue weighted by molar-refractivity contribution is -0.253. The van der Waals surface area contributed by atoms with Crippen LogP contribution in [0.1, 0.15) is 29.9 Å². The van der Waals surface area contributed by atoms with E-state index < -0.39 is 12.5 Å². The zero-order valence-corrected chi connectivity index (χ0v) is 16.5. The van der Waals surface area contributed by atoms with Gasteiger partial charge in [0, 0.05) is 18.3 Å². The third kappa shape index (κ3) is 5.69. The van der Waals surface area contributed by atoms with Crippen LogP contribution in [-0.4, -0.2) is 12.5 Å². The maximum atomic E-state index is 13.1. The summed E-state index contributed by atoms with van der Waals surface area (Å²) in [7, 11) is 0. The summed E-state index contributed by atoms with van der Waals surface area (Å²) in [4.78, 5) is 0. The zero-order valence-electron chi connectivity index (χ0n) is 16.5. The molecule has 0 amide bonds. The molecule has 0 spiro atoms. The van der Waals surface area contributed by atoms with E-state index in [1.165, 1.54) is 36.6 Å². The van der Waals surface area contributed by atoms with Crippen molar-refractivity contribution in [3.63, 3.8) is 0 Å². The van der Waals surface area contributed by atoms with Crippen molar-refractivity contribution in [1.82, 2.24) is 0 Å². The van der Waals surface area contributed by atoms with Gasteiger partial charge in [-0.3, -0.25) is 0 Å². The maximum absolute atomic E-state index is 13.1. The lowest BCUT2D eigenvalue weighted by atomic mass is 10.1. The number of ether oxygens (including phenoxy) is 2. The van der Waals surface area contributed by atoms with Crippen LogP contribution in [0.25, 0.3) is 0 Å². The molecule has 3 aromatic rings. The van der Waals surface area contributed by atoms with Gasteiger partial charge < -0.3 is 14.8 Å². The van der Waals surface area contributed by atoms with Gasteiger partial charge in [-0.15, -0.1) is 0 Å². The molecule has 1 saturated carbocycles. The summed E-state index contributed by atoms with van der Waals surface area (Å²) in [6.45, 7) is 0.290. The second-order valence-electron chi connectivity index (χ2n) is 7.44. The standard InChI is InChI=1S/C24H21F4NO2/c25-23(26)24(27,28)31-22-9-1-4-16(12-22)15-29-19-6-3-8-21(14-19)30-20-7-2-5-18(13-20)17-10-11-17/h1-9,12-14,17,23,29H,10-11,15H2. The van der Waals surface area contributed by atoms with E-state index in [2.05, 4.69) is 22.2 Å². The Morgan fingerprint density at radius 3 is 2.29 bits per heavy atom. The van der Waals surface area contributed by atoms with E-state index in [-0.39, 0.29) is 12.3 Å². The van der Waals surface area contributed by atoms with E-state index in [0.717, 1.165) is 11.4 Å². The lowest BCUT2D eigenvalue weighted by Gasteiger charge is -2.17. The van der Waals surface area contributed by atoms with Crippen LogP contribution in [0, 0.1) is 0 Å². The number of rotatable bonds is 9. The molecule has 1 fully saturated rings. The molecule has 0 heterocycles. The first-order chi connectivity index (χ1) is 14.9. The Labute approximate surface area is 177 Å². The van der Waals surface area contributed by atoms with Crippen LogP contribution in [0.3, 0.4) is 0 Å². The predicted molar refractivity (Wildman–Crippen MR) is 110 cm³/mol. The lowest BCUT2D eigenvalue weighted by Crippen LogP contribution is -2.33. The third-order valence-corrected chi connectivity index (χ3v) is 4.88. The SMILES string of the molecule is FC(F)C(F)(F)Oc1cccc(CNc2cccc(Oc3cccc(C4CC4)c3)c2)c1. The molecule has 7 heteroatoms. The molecule has 0 bridgehead atoms. The molecule has 3 aromatic carbocycles. The van der Waals surface area contributed by atoms with Gasteiger partial charge in [0.15, 0.2) is 0 Å². The highest BCUT2D eigenvalue weighted by molar-refractivity contribution is 5.50. The van der Waals surface area contributed by atoms with Crippen molar-refractivity contribution in [3.8, 4) is 17.2 Å². The van der Waals surface area contributed by atoms with Gasteiger partial charge in [0.2, 0.25) is 0 Å². The van der Waals surface area contributed by atoms with Gasteiger partial charge in [-0.1, -0.05) is 30.3 Å². The van der Waals surface area contributed by atoms with Crippen molar-refractivity contribution in [2.75, 3.05) is 5.32 Å². The number of halogens is 4. The average molecular weight is 431 g/mol. The van der Waals surface area contributed by atoms with Gasteiger partial charge >= 0.3 is 12.5 Å². The molecule has 1 aliphatic carbocycles. The van der Waals surface area contributed by atoms with Crippen molar-refractivity contribution in [3.05, 3.63) is 83.9 Å². The summed E-state index contributed by atoms with van der Waals surface area (Å²) in [6, 6.07) is 21.1. The Bertz CT molecular complexity index is 1040. The first kappa shape index (κ1) is 21.0. The van der Waals surface area contributed by atoms with E-state index in [9.17, 15) is 17.6 Å². The van der Waals surface area contributed by atoms with E-state index in [0.29, 0.717) is 17.2 Å². The van der Waals surface area contributed by atoms with Crippen LogP contribution in [0.5, 0.6) is 17.2 Å². The van der Waals surface area contributed by atoms with Crippen molar-refractivity contribution in [2.24, 2.45) is 0 Å². The molecule has 0 saturated heterocycles. The molecular formula is C24H21F4NO2. The third-order valence-electron chi connectivity index (χ3n) is 4.88. The van der Waals surface area contributed by atoms with E-state index in [4.69, 9.17) is 4.74 Å². The van der Waals surface area contributed by atoms with Crippen LogP contribution >= 0.6 is 0 Å². The smallest absolute Gasteiger partial charge is 0.457 e. The van der Waals surface area contributed by atoms with Gasteiger partial charge in [0.05, 0.1) is 0 Å². The molecule has 0 aliphatic heterocycles. The maximum Gasteiger partial charge on any atom is 0.461 e. The van der Waals surface area contributed by atoms with Gasteiger partial charge in [-0.25, -0.2) is 0 Å². The fraction of sp³-hybridized carbons (Fsp3) is 0.250. The summed E-state index contributed by atoms with van der Waals surface area (Å²) in [6.07, 6.45) is -6.00. The summed E-state index contributed by atoms with van der Waals surface area (Å²) in [5.74, 6) is 1.74. The highest BCUT2D eigenvalue weighted by atomic mass is 19.3. The Kier molecular flexibility index (Phi) is 6.02. The van der Waals surface area contributed by atoms with Crippen LogP contribution in [0.4, 0.5) is 23.2 Å². The van der Waals surface area contributed by atoms with Crippen molar-refractivity contribution in [2.45, 2.75) is 37.8 Å². The first-order valence-corrected chi connectivity index (χ1v) is 9.95. The van der Waals surface area contributed by atoms with Gasteiger partial charge in [0.1, 0.15) is 17.2 Å². The summed E-state index contributed by atoms with van der Waals surface area (Å²) in [5, 5.41) is 3.17. The molecular weight excluding hydrogens is 410 g/mol. The van der Waals surface area contributed by atoms with Crippen molar-refractivity contribution in [1.29, 1.82) is 0 Å². The van der Waals surface area contributed by atoms with E-state index >= 15 is 0 Å². The Balaban J connectivity index is 1.38. The molecule has 0 unspecified atom stereocenters. The van der Waals surface area contributed by atoms with Crippen molar-refractivity contribution < 1.29 is 27.0 Å². The molecule has 162 valence electrons. The minimum Gasteiger partial charge on any atom is -0.457 e. The number of anilines is 1. The topological polar surface area (TPSA) is 30.5 Å². The van der Waals surface area contributed by atoms with Crippen molar-refractivity contribution >= 4 is 5.69 Å². The molecule has 3 nitrogen and oxygen atoms in total. The molecule has 1 N–H and O–H groups in total. The first-order valence-electron chi connectivity index (χ1n) is 9.95. The highest BCUT2D eigenvalue weighted by Gasteiger charge is 2.43. The van der Waals surface area contributed by atoms with Gasteiger partial charge in [-0.05, 0) is 66.3 Å². The monoisotopic (exact) mass is 431 g/mol. The van der Waals surface area contributed by atoms with Gasteiger partial charge in [0.25, 0.3) is 0 Å². The number of hydrogen-bond donors (Lipinski definition) is 1. The fourth-order valence-corrected chi connectivity index (χ4v) is 3.18. The summed E-state index contributed by atoms with van der Waals surface area (Å²) >= 11 is 0. The molecule has 0 atom stereocenters. The second-order valence-corrected chi connectivity index (χ2v) is 7.44. The van der Waals surface area contributed by atoms with E-state index in [1.807, 2.05) is 36.4 Å². The number of alkyl halides is 4. The number of nitrogens with one attached hydrogen (secondary N) is 1. The Hall–Kier alpha value is -3.22. The normalized spacial score (nSPS) is 13.8. The molecule has 0 aromatic heterocycles. The molecule has 4 rings (SSSR count). The average Bonchev–Trinajstić information content (AvgIpc) is 3.58. The van der Waals surface area contributed by atoms with E-state index in [1.54, 1.807) is 6.07 Å². The van der Waals surface area contributed by atoms with Crippen LogP contribution in [-0.2, 0) is 6.54 Å². The molecule has 0 radical (unpaired) electrons. The van der Waals surface area contributed by atoms with Crippen LogP contribution < -0.4 is 14.8 Å². The summed E-state index contributed by atoms with van der Waals surface area (Å²) in [5.41, 5.74) is 2.65. The minimum absolute atomic E-state index is 0.290. The quantitative estimate of drug-likeness (QED) is 0.363. The zero-order chi connectivity index (χ0) is 21.8.